The van der Waals surface area contributed by atoms with Crippen molar-refractivity contribution in [1.29, 1.82) is 0 Å². The molecule has 0 spiro atoms. The number of rotatable bonds is 10. The molecule has 4 rings (SSSR count). The summed E-state index contributed by atoms with van der Waals surface area (Å²) in [6, 6.07) is 17.2. The molecule has 0 bridgehead atoms. The maximum atomic E-state index is 12.1. The maximum absolute atomic E-state index is 12.1. The zero-order chi connectivity index (χ0) is 26.9. The van der Waals surface area contributed by atoms with Gasteiger partial charge in [0.25, 0.3) is 5.91 Å². The van der Waals surface area contributed by atoms with Gasteiger partial charge in [-0.15, -0.1) is 0 Å². The van der Waals surface area contributed by atoms with E-state index in [2.05, 4.69) is 15.3 Å². The molecule has 0 saturated carbocycles. The molecule has 2 N–H and O–H groups in total. The van der Waals surface area contributed by atoms with Crippen LogP contribution in [0.25, 0.3) is 0 Å². The zero-order valence-electron chi connectivity index (χ0n) is 21.3. The minimum Gasteiger partial charge on any atom is -0.453 e. The fraction of sp³-hybridized carbons (Fsp3) is 0.357. The molecule has 1 aliphatic rings. The maximum Gasteiger partial charge on any atom is 0.303 e. The summed E-state index contributed by atoms with van der Waals surface area (Å²) in [6.45, 7) is 3.09. The fourth-order valence-electron chi connectivity index (χ4n) is 3.98. The van der Waals surface area contributed by atoms with Crippen LogP contribution < -0.4 is 5.32 Å². The first-order valence-corrected chi connectivity index (χ1v) is 13.3. The highest BCUT2D eigenvalue weighted by Crippen LogP contribution is 2.39. The van der Waals surface area contributed by atoms with Crippen LogP contribution in [0.15, 0.2) is 72.1 Å². The lowest BCUT2D eigenvalue weighted by atomic mass is 10.0. The Labute approximate surface area is 225 Å². The average Bonchev–Trinajstić information content (AvgIpc) is 2.95. The number of hydrogen-bond donors (Lipinski definition) is 2. The number of nitrogens with one attached hydrogen (secondary N) is 1. The van der Waals surface area contributed by atoms with Gasteiger partial charge >= 0.3 is 5.97 Å². The molecule has 2 aromatic carbocycles. The smallest absolute Gasteiger partial charge is 0.303 e. The number of hydrogen-bond acceptors (Lipinski definition) is 9. The van der Waals surface area contributed by atoms with E-state index in [-0.39, 0.29) is 24.7 Å². The van der Waals surface area contributed by atoms with E-state index in [0.29, 0.717) is 23.9 Å². The van der Waals surface area contributed by atoms with Crippen molar-refractivity contribution in [2.45, 2.75) is 63.2 Å². The molecule has 38 heavy (non-hydrogen) atoms. The summed E-state index contributed by atoms with van der Waals surface area (Å²) in [5, 5.41) is 12.9. The Bertz CT molecular complexity index is 1190. The van der Waals surface area contributed by atoms with E-state index in [1.54, 1.807) is 18.5 Å². The minimum absolute atomic E-state index is 0.0106. The van der Waals surface area contributed by atoms with E-state index in [0.717, 1.165) is 22.3 Å². The number of nitrogens with zero attached hydrogens (tertiary/aromatic N) is 2. The molecule has 1 amide bonds. The first kappa shape index (κ1) is 27.7. The Morgan fingerprint density at radius 3 is 2.37 bits per heavy atom. The summed E-state index contributed by atoms with van der Waals surface area (Å²) in [6.07, 6.45) is 2.37. The van der Waals surface area contributed by atoms with Gasteiger partial charge in [-0.3, -0.25) is 9.59 Å². The van der Waals surface area contributed by atoms with E-state index in [1.807, 2.05) is 48.5 Å². The molecule has 10 heteroatoms. The van der Waals surface area contributed by atoms with E-state index >= 15 is 0 Å². The summed E-state index contributed by atoms with van der Waals surface area (Å²) in [4.78, 5) is 31.8. The largest absolute Gasteiger partial charge is 0.453 e. The number of esters is 1. The molecule has 200 valence electrons. The predicted octanol–water partition coefficient (Wildman–Crippen LogP) is 3.87. The second-order valence-corrected chi connectivity index (χ2v) is 9.89. The second kappa shape index (κ2) is 13.5. The normalized spacial score (nSPS) is 19.9. The minimum atomic E-state index is -0.852. The van der Waals surface area contributed by atoms with Crippen LogP contribution in [0.5, 0.6) is 0 Å². The number of aromatic nitrogens is 2. The fourth-order valence-corrected chi connectivity index (χ4v) is 4.80. The van der Waals surface area contributed by atoms with Crippen molar-refractivity contribution in [1.82, 2.24) is 15.3 Å². The van der Waals surface area contributed by atoms with Gasteiger partial charge in [0.2, 0.25) is 0 Å². The van der Waals surface area contributed by atoms with Crippen molar-refractivity contribution in [3.8, 4) is 0 Å². The molecule has 1 saturated heterocycles. The Kier molecular flexibility index (Phi) is 9.83. The molecule has 2 heterocycles. The predicted molar refractivity (Wildman–Crippen MR) is 141 cm³/mol. The van der Waals surface area contributed by atoms with Gasteiger partial charge in [0.15, 0.2) is 17.6 Å². The summed E-state index contributed by atoms with van der Waals surface area (Å²) in [7, 11) is 0. The van der Waals surface area contributed by atoms with Crippen LogP contribution in [0.1, 0.15) is 54.9 Å². The summed E-state index contributed by atoms with van der Waals surface area (Å²) >= 11 is 1.54. The van der Waals surface area contributed by atoms with Gasteiger partial charge in [-0.1, -0.05) is 60.3 Å². The highest BCUT2D eigenvalue weighted by molar-refractivity contribution is 7.99. The van der Waals surface area contributed by atoms with Gasteiger partial charge in [0, 0.05) is 43.6 Å². The summed E-state index contributed by atoms with van der Waals surface area (Å²) in [5.74, 6) is -0.194. The van der Waals surface area contributed by atoms with Gasteiger partial charge in [0.1, 0.15) is 0 Å². The average molecular weight is 538 g/mol. The van der Waals surface area contributed by atoms with Crippen LogP contribution in [0, 0.1) is 0 Å². The van der Waals surface area contributed by atoms with Gasteiger partial charge in [-0.2, -0.15) is 0 Å². The third-order valence-electron chi connectivity index (χ3n) is 5.99. The number of carbonyl (C=O) groups excluding carboxylic acids is 2. The number of amides is 1. The van der Waals surface area contributed by atoms with E-state index in [1.165, 1.54) is 25.6 Å². The Balaban J connectivity index is 1.43. The molecule has 1 fully saturated rings. The van der Waals surface area contributed by atoms with Crippen molar-refractivity contribution in [3.05, 3.63) is 89.2 Å². The van der Waals surface area contributed by atoms with E-state index < -0.39 is 18.4 Å². The van der Waals surface area contributed by atoms with Gasteiger partial charge < -0.3 is 24.6 Å². The highest BCUT2D eigenvalue weighted by Gasteiger charge is 2.32. The standard InChI is InChI=1S/C28H31N3O6S/c1-18(35-19(2)33)26(34)31-15-20-4-10-23(11-5-20)27-36-24(17-38-28-29-12-3-13-30-28)14-25(37-27)22-8-6-21(16-32)7-9-22/h3-13,18,24-25,27,32H,14-17H2,1-2H3,(H,31,34)/t18-,24-,25+,27+/m0/s1. The number of aliphatic hydroxyl groups is 1. The summed E-state index contributed by atoms with van der Waals surface area (Å²) in [5.41, 5.74) is 3.60. The third-order valence-corrected chi connectivity index (χ3v) is 6.99. The quantitative estimate of drug-likeness (QED) is 0.226. The van der Waals surface area contributed by atoms with Gasteiger partial charge in [-0.25, -0.2) is 9.97 Å². The van der Waals surface area contributed by atoms with Crippen LogP contribution in [-0.4, -0.2) is 44.9 Å². The van der Waals surface area contributed by atoms with Crippen LogP contribution >= 0.6 is 11.8 Å². The molecule has 1 aromatic heterocycles. The lowest BCUT2D eigenvalue weighted by Gasteiger charge is -2.36. The molecule has 3 aromatic rings. The van der Waals surface area contributed by atoms with E-state index in [9.17, 15) is 14.7 Å². The topological polar surface area (TPSA) is 120 Å². The Morgan fingerprint density at radius 1 is 1.05 bits per heavy atom. The highest BCUT2D eigenvalue weighted by atomic mass is 32.2. The van der Waals surface area contributed by atoms with Crippen molar-refractivity contribution in [3.63, 3.8) is 0 Å². The molecule has 9 nitrogen and oxygen atoms in total. The van der Waals surface area contributed by atoms with Crippen molar-refractivity contribution in [2.24, 2.45) is 0 Å². The monoisotopic (exact) mass is 537 g/mol. The SMILES string of the molecule is CC(=O)O[C@@H](C)C(=O)NCc1ccc([C@@H]2O[C@H](CSc3ncccn3)C[C@H](c3ccc(CO)cc3)O2)cc1. The number of ether oxygens (including phenoxy) is 3. The van der Waals surface area contributed by atoms with Crippen molar-refractivity contribution >= 4 is 23.6 Å². The molecule has 1 aliphatic heterocycles. The van der Waals surface area contributed by atoms with E-state index in [4.69, 9.17) is 14.2 Å². The first-order chi connectivity index (χ1) is 18.4. The summed E-state index contributed by atoms with van der Waals surface area (Å²) < 4.78 is 17.6. The third kappa shape index (κ3) is 7.84. The van der Waals surface area contributed by atoms with Gasteiger partial charge in [0.05, 0.1) is 18.8 Å². The van der Waals surface area contributed by atoms with Crippen LogP contribution in [0.3, 0.4) is 0 Å². The molecule has 0 radical (unpaired) electrons. The number of aliphatic hydroxyl groups excluding tert-OH is 1. The van der Waals surface area contributed by atoms with Crippen LogP contribution in [-0.2, 0) is 37.0 Å². The van der Waals surface area contributed by atoms with Crippen molar-refractivity contribution in [2.75, 3.05) is 5.75 Å². The van der Waals surface area contributed by atoms with Gasteiger partial charge in [-0.05, 0) is 29.7 Å². The Morgan fingerprint density at radius 2 is 1.71 bits per heavy atom. The molecule has 0 unspecified atom stereocenters. The second-order valence-electron chi connectivity index (χ2n) is 8.90. The molecular weight excluding hydrogens is 506 g/mol. The van der Waals surface area contributed by atoms with Crippen LogP contribution in [0.2, 0.25) is 0 Å². The molecule has 0 aliphatic carbocycles. The zero-order valence-corrected chi connectivity index (χ0v) is 22.1. The van der Waals surface area contributed by atoms with Crippen molar-refractivity contribution < 1.29 is 28.9 Å². The molecular formula is C28H31N3O6S. The Hall–Kier alpha value is -3.31. The first-order valence-electron chi connectivity index (χ1n) is 12.4. The lowest BCUT2D eigenvalue weighted by Crippen LogP contribution is -2.35. The number of carbonyl (C=O) groups is 2. The molecule has 4 atom stereocenters. The van der Waals surface area contributed by atoms with Crippen LogP contribution in [0.4, 0.5) is 0 Å². The number of benzene rings is 2. The number of thioether (sulfide) groups is 1. The lowest BCUT2D eigenvalue weighted by molar-refractivity contribution is -0.245.